The zero-order valence-electron chi connectivity index (χ0n) is 12.8. The van der Waals surface area contributed by atoms with Crippen molar-refractivity contribution in [2.24, 2.45) is 5.41 Å². The van der Waals surface area contributed by atoms with Gasteiger partial charge in [-0.1, -0.05) is 26.7 Å². The van der Waals surface area contributed by atoms with Gasteiger partial charge in [-0.3, -0.25) is 0 Å². The van der Waals surface area contributed by atoms with E-state index in [9.17, 15) is 5.11 Å². The van der Waals surface area contributed by atoms with Crippen molar-refractivity contribution < 1.29 is 14.6 Å². The van der Waals surface area contributed by atoms with Crippen molar-refractivity contribution in [1.29, 1.82) is 0 Å². The number of aliphatic hydroxyl groups excluding tert-OH is 1. The van der Waals surface area contributed by atoms with Gasteiger partial charge in [-0.05, 0) is 25.2 Å². The number of hydrogen-bond donors (Lipinski definition) is 2. The summed E-state index contributed by atoms with van der Waals surface area (Å²) in [6.45, 7) is 9.46. The Balaban J connectivity index is 2.10. The molecule has 1 aliphatic carbocycles. The fraction of sp³-hybridized carbons (Fsp3) is 1.00. The maximum absolute atomic E-state index is 9.88. The molecular weight excluding hydrogens is 242 g/mol. The first-order chi connectivity index (χ1) is 9.06. The van der Waals surface area contributed by atoms with E-state index in [1.54, 1.807) is 0 Å². The van der Waals surface area contributed by atoms with E-state index in [4.69, 9.17) is 9.47 Å². The van der Waals surface area contributed by atoms with Gasteiger partial charge in [-0.15, -0.1) is 0 Å². The van der Waals surface area contributed by atoms with E-state index >= 15 is 0 Å². The van der Waals surface area contributed by atoms with Gasteiger partial charge < -0.3 is 19.9 Å². The molecule has 0 radical (unpaired) electrons. The monoisotopic (exact) mass is 273 g/mol. The van der Waals surface area contributed by atoms with Gasteiger partial charge in [0.05, 0.1) is 25.9 Å². The van der Waals surface area contributed by atoms with Crippen LogP contribution in [0, 0.1) is 5.41 Å². The smallest absolute Gasteiger partial charge is 0.0897 e. The first-order valence-corrected chi connectivity index (χ1v) is 7.63. The predicted octanol–water partition coefficient (Wildman–Crippen LogP) is 1.96. The Kier molecular flexibility index (Phi) is 7.91. The highest BCUT2D eigenvalue weighted by molar-refractivity contribution is 4.88. The molecule has 114 valence electrons. The van der Waals surface area contributed by atoms with Crippen molar-refractivity contribution in [3.63, 3.8) is 0 Å². The van der Waals surface area contributed by atoms with Gasteiger partial charge in [0.25, 0.3) is 0 Å². The molecule has 1 saturated carbocycles. The molecule has 0 aliphatic heterocycles. The molecule has 19 heavy (non-hydrogen) atoms. The fourth-order valence-corrected chi connectivity index (χ4v) is 2.69. The summed E-state index contributed by atoms with van der Waals surface area (Å²) >= 11 is 0. The number of aliphatic hydroxyl groups is 1. The average Bonchev–Trinajstić information content (AvgIpc) is 2.37. The van der Waals surface area contributed by atoms with Crippen LogP contribution in [0.1, 0.15) is 46.5 Å². The summed E-state index contributed by atoms with van der Waals surface area (Å²) in [5, 5.41) is 13.4. The van der Waals surface area contributed by atoms with Crippen LogP contribution in [-0.4, -0.2) is 50.2 Å². The molecule has 1 aliphatic rings. The summed E-state index contributed by atoms with van der Waals surface area (Å²) in [7, 11) is 0. The summed E-state index contributed by atoms with van der Waals surface area (Å²) in [4.78, 5) is 0. The van der Waals surface area contributed by atoms with Crippen molar-refractivity contribution >= 4 is 0 Å². The largest absolute Gasteiger partial charge is 0.389 e. The summed E-state index contributed by atoms with van der Waals surface area (Å²) in [5.41, 5.74) is 0.341. The lowest BCUT2D eigenvalue weighted by Gasteiger charge is -2.39. The number of rotatable bonds is 9. The minimum atomic E-state index is -0.431. The Bertz CT molecular complexity index is 233. The van der Waals surface area contributed by atoms with Crippen LogP contribution in [0.2, 0.25) is 0 Å². The molecule has 0 spiro atoms. The molecule has 0 amide bonds. The Hall–Kier alpha value is -0.160. The maximum atomic E-state index is 9.88. The van der Waals surface area contributed by atoms with Gasteiger partial charge in [-0.25, -0.2) is 0 Å². The molecular formula is C15H31NO3. The molecule has 0 heterocycles. The van der Waals surface area contributed by atoms with Crippen LogP contribution in [0.25, 0.3) is 0 Å². The summed E-state index contributed by atoms with van der Waals surface area (Å²) in [6, 6.07) is 0.513. The van der Waals surface area contributed by atoms with E-state index in [-0.39, 0.29) is 0 Å². The lowest BCUT2D eigenvalue weighted by molar-refractivity contribution is 0.00338. The van der Waals surface area contributed by atoms with Crippen LogP contribution < -0.4 is 5.32 Å². The molecule has 1 fully saturated rings. The zero-order valence-corrected chi connectivity index (χ0v) is 12.8. The summed E-state index contributed by atoms with van der Waals surface area (Å²) < 4.78 is 10.5. The van der Waals surface area contributed by atoms with Crippen molar-refractivity contribution in [2.75, 3.05) is 33.0 Å². The van der Waals surface area contributed by atoms with E-state index in [0.717, 1.165) is 0 Å². The van der Waals surface area contributed by atoms with E-state index in [1.165, 1.54) is 25.7 Å². The Morgan fingerprint density at radius 3 is 2.68 bits per heavy atom. The van der Waals surface area contributed by atoms with Crippen LogP contribution in [-0.2, 0) is 9.47 Å². The molecule has 0 aromatic rings. The fourth-order valence-electron chi connectivity index (χ4n) is 2.69. The Labute approximate surface area is 117 Å². The predicted molar refractivity (Wildman–Crippen MR) is 77.4 cm³/mol. The Morgan fingerprint density at radius 1 is 1.26 bits per heavy atom. The normalized spacial score (nSPS) is 24.3. The second-order valence-electron chi connectivity index (χ2n) is 6.12. The van der Waals surface area contributed by atoms with Crippen LogP contribution >= 0.6 is 0 Å². The second-order valence-corrected chi connectivity index (χ2v) is 6.12. The van der Waals surface area contributed by atoms with Gasteiger partial charge in [0.2, 0.25) is 0 Å². The quantitative estimate of drug-likeness (QED) is 0.631. The van der Waals surface area contributed by atoms with Crippen molar-refractivity contribution in [3.8, 4) is 0 Å². The van der Waals surface area contributed by atoms with Crippen LogP contribution in [0.15, 0.2) is 0 Å². The molecule has 2 N–H and O–H groups in total. The highest BCUT2D eigenvalue weighted by Gasteiger charge is 2.31. The van der Waals surface area contributed by atoms with Crippen LogP contribution in [0.5, 0.6) is 0 Å². The molecule has 2 atom stereocenters. The van der Waals surface area contributed by atoms with Gasteiger partial charge >= 0.3 is 0 Å². The zero-order chi connectivity index (χ0) is 14.1. The van der Waals surface area contributed by atoms with Gasteiger partial charge in [0, 0.05) is 19.2 Å². The molecule has 2 unspecified atom stereocenters. The lowest BCUT2D eigenvalue weighted by atomic mass is 9.73. The molecule has 0 saturated heterocycles. The molecule has 0 bridgehead atoms. The highest BCUT2D eigenvalue weighted by Crippen LogP contribution is 2.35. The summed E-state index contributed by atoms with van der Waals surface area (Å²) in [6.07, 6.45) is 4.67. The topological polar surface area (TPSA) is 50.7 Å². The van der Waals surface area contributed by atoms with Crippen LogP contribution in [0.4, 0.5) is 0 Å². The maximum Gasteiger partial charge on any atom is 0.0897 e. The standard InChI is InChI=1S/C15H31NO3/c1-4-18-9-10-19-12-13(17)11-16-14-7-5-6-8-15(14,2)3/h13-14,16-17H,4-12H2,1-3H3. The minimum absolute atomic E-state index is 0.341. The van der Waals surface area contributed by atoms with E-state index in [2.05, 4.69) is 19.2 Å². The van der Waals surface area contributed by atoms with Gasteiger partial charge in [-0.2, -0.15) is 0 Å². The van der Waals surface area contributed by atoms with E-state index in [0.29, 0.717) is 44.4 Å². The van der Waals surface area contributed by atoms with E-state index < -0.39 is 6.10 Å². The van der Waals surface area contributed by atoms with Crippen LogP contribution in [0.3, 0.4) is 0 Å². The minimum Gasteiger partial charge on any atom is -0.389 e. The van der Waals surface area contributed by atoms with Crippen molar-refractivity contribution in [2.45, 2.75) is 58.6 Å². The summed E-state index contributed by atoms with van der Waals surface area (Å²) in [5.74, 6) is 0. The Morgan fingerprint density at radius 2 is 2.00 bits per heavy atom. The third-order valence-corrected chi connectivity index (χ3v) is 3.99. The molecule has 4 nitrogen and oxygen atoms in total. The van der Waals surface area contributed by atoms with Gasteiger partial charge in [0.1, 0.15) is 0 Å². The van der Waals surface area contributed by atoms with Gasteiger partial charge in [0.15, 0.2) is 0 Å². The number of hydrogen-bond acceptors (Lipinski definition) is 4. The first kappa shape index (κ1) is 16.9. The molecule has 0 aromatic carbocycles. The van der Waals surface area contributed by atoms with Crippen molar-refractivity contribution in [1.82, 2.24) is 5.32 Å². The molecule has 1 rings (SSSR count). The third-order valence-electron chi connectivity index (χ3n) is 3.99. The molecule has 4 heteroatoms. The second kappa shape index (κ2) is 8.90. The highest BCUT2D eigenvalue weighted by atomic mass is 16.5. The average molecular weight is 273 g/mol. The lowest BCUT2D eigenvalue weighted by Crippen LogP contribution is -2.47. The van der Waals surface area contributed by atoms with Crippen molar-refractivity contribution in [3.05, 3.63) is 0 Å². The number of ether oxygens (including phenoxy) is 2. The number of nitrogens with one attached hydrogen (secondary N) is 1. The SMILES string of the molecule is CCOCCOCC(O)CNC1CCCCC1(C)C. The first-order valence-electron chi connectivity index (χ1n) is 7.63. The third kappa shape index (κ3) is 6.70. The van der Waals surface area contributed by atoms with E-state index in [1.807, 2.05) is 6.92 Å². The molecule has 0 aromatic heterocycles.